The van der Waals surface area contributed by atoms with Gasteiger partial charge >= 0.3 is 0 Å². The van der Waals surface area contributed by atoms with Crippen molar-refractivity contribution in [3.05, 3.63) is 0 Å². The van der Waals surface area contributed by atoms with Gasteiger partial charge in [-0.25, -0.2) is 0 Å². The van der Waals surface area contributed by atoms with Crippen LogP contribution in [0.5, 0.6) is 0 Å². The molecule has 2 amide bonds. The number of nitrogens with zero attached hydrogens (tertiary/aromatic N) is 8. The molecule has 5 saturated heterocycles. The van der Waals surface area contributed by atoms with Crippen molar-refractivity contribution in [2.75, 3.05) is 74.7 Å². The number of hydrogen-bond donors (Lipinski definition) is 4. The number of rotatable bonds is 30. The summed E-state index contributed by atoms with van der Waals surface area (Å²) in [6, 6.07) is 1.91. The number of likely N-dealkylation sites (tertiary alicyclic amines) is 1. The highest BCUT2D eigenvalue weighted by atomic mass is 28.4. The monoisotopic (exact) mass is 1300 g/mol. The van der Waals surface area contributed by atoms with Crippen molar-refractivity contribution < 1.29 is 18.8 Å². The summed E-state index contributed by atoms with van der Waals surface area (Å²) in [4.78, 5) is 54.0. The Bertz CT molecular complexity index is 2230. The quantitative estimate of drug-likeness (QED) is 0.0328. The molecule has 5 aliphatic rings. The van der Waals surface area contributed by atoms with E-state index in [4.69, 9.17) is 24.1 Å². The fourth-order valence-corrected chi connectivity index (χ4v) is 17.8. The normalized spacial score (nSPS) is 24.1. The Morgan fingerprint density at radius 1 is 0.527 bits per heavy atom. The minimum absolute atomic E-state index is 0.0191. The zero-order chi connectivity index (χ0) is 68.8. The molecule has 4 N–H and O–H groups in total. The SMILES string of the molecule is CCC(C)CC1C(=O)N(C2CC(C)(C)NC(C)(C)C2)C(=O)C1C.CCCCN(C)CCN(CCCC)c1nc(N(CCCC)C2CC(C)(C)NC(C)(C)C2)nc(N(CCCC)C2CC(C)(C)NC(C)(C)C2)n1.CO[Si](C)(C)CCCOC1CC(C)(C)NC(C)(C)C1. The van der Waals surface area contributed by atoms with Crippen molar-refractivity contribution in [1.29, 1.82) is 0 Å². The highest BCUT2D eigenvalue weighted by Gasteiger charge is 2.52. The first-order chi connectivity index (χ1) is 42.0. The highest BCUT2D eigenvalue weighted by Crippen LogP contribution is 2.41. The van der Waals surface area contributed by atoms with E-state index in [-0.39, 0.29) is 74.0 Å². The zero-order valence-electron chi connectivity index (χ0n) is 64.3. The Morgan fingerprint density at radius 3 is 1.32 bits per heavy atom. The van der Waals surface area contributed by atoms with Crippen molar-refractivity contribution in [2.24, 2.45) is 17.8 Å². The number of ether oxygens (including phenoxy) is 1. The van der Waals surface area contributed by atoms with Gasteiger partial charge in [-0.05, 0) is 239 Å². The van der Waals surface area contributed by atoms with Crippen LogP contribution in [0.15, 0.2) is 0 Å². The van der Waals surface area contributed by atoms with Gasteiger partial charge in [-0.15, -0.1) is 0 Å². The van der Waals surface area contributed by atoms with Gasteiger partial charge in [-0.3, -0.25) is 14.5 Å². The van der Waals surface area contributed by atoms with Crippen LogP contribution in [0, 0.1) is 17.8 Å². The number of carbonyl (C=O) groups is 2. The smallest absolute Gasteiger partial charge is 0.233 e. The van der Waals surface area contributed by atoms with E-state index in [9.17, 15) is 9.59 Å². The Morgan fingerprint density at radius 2 is 0.912 bits per heavy atom. The van der Waals surface area contributed by atoms with Gasteiger partial charge in [0.25, 0.3) is 0 Å². The van der Waals surface area contributed by atoms with Crippen molar-refractivity contribution in [3.8, 4) is 0 Å². The Hall–Kier alpha value is -2.51. The summed E-state index contributed by atoms with van der Waals surface area (Å²) in [6.45, 7) is 63.4. The van der Waals surface area contributed by atoms with E-state index in [1.165, 1.54) is 18.9 Å². The number of hydrogen-bond acceptors (Lipinski definition) is 15. The standard InChI is InChI=1S/C40H79N9.C19H34N2O2.C15H33NO2Si/c1-14-18-22-46(13)26-27-47(23-19-15-2)34-41-35(48(24-20-16-3)32-28-37(5,6)44-38(7,8)29-32)43-36(42-34)49(25-21-17-4)33-30-39(9,10)45-40(11,12)31-33;1-8-12(2)9-15-13(3)16(22)21(17(15)23)14-10-18(4,5)20-19(6,7)11-14;1-14(2)11-13(12-15(3,4)16-14)18-9-8-10-19(6,7)17-5/h32-33,44-45H,14-31H2,1-13H3;12-15,20H,8-11H2,1-7H3;13,16H,8-12H2,1-7H3. The maximum absolute atomic E-state index is 13.0. The second kappa shape index (κ2) is 34.1. The van der Waals surface area contributed by atoms with Crippen LogP contribution in [0.1, 0.15) is 281 Å². The molecule has 1 aromatic heterocycles. The molecule has 5 fully saturated rings. The number of nitrogens with one attached hydrogen (secondary N) is 4. The summed E-state index contributed by atoms with van der Waals surface area (Å²) in [7, 11) is 2.69. The molecular weight excluding hydrogens is 1150 g/mol. The van der Waals surface area contributed by atoms with Gasteiger partial charge < -0.3 is 50.0 Å². The summed E-state index contributed by atoms with van der Waals surface area (Å²) >= 11 is 0. The summed E-state index contributed by atoms with van der Waals surface area (Å²) < 4.78 is 11.7. The fraction of sp³-hybridized carbons (Fsp3) is 0.932. The van der Waals surface area contributed by atoms with Crippen LogP contribution in [0.3, 0.4) is 0 Å². The summed E-state index contributed by atoms with van der Waals surface area (Å²) in [5.41, 5.74) is 0.350. The molecule has 0 aromatic carbocycles. The van der Waals surface area contributed by atoms with Crippen LogP contribution in [-0.4, -0.2) is 173 Å². The van der Waals surface area contributed by atoms with Crippen LogP contribution < -0.4 is 36.0 Å². The topological polar surface area (TPSA) is 156 Å². The van der Waals surface area contributed by atoms with Crippen molar-refractivity contribution >= 4 is 38.0 Å². The molecule has 6 rings (SSSR count). The van der Waals surface area contributed by atoms with Crippen LogP contribution in [0.25, 0.3) is 0 Å². The molecule has 17 heteroatoms. The highest BCUT2D eigenvalue weighted by molar-refractivity contribution is 6.71. The second-order valence-electron chi connectivity index (χ2n) is 35.2. The van der Waals surface area contributed by atoms with E-state index < -0.39 is 8.32 Å². The average molecular weight is 1300 g/mol. The number of amides is 2. The third-order valence-corrected chi connectivity index (χ3v) is 22.9. The predicted molar refractivity (Wildman–Crippen MR) is 390 cm³/mol. The molecule has 6 heterocycles. The van der Waals surface area contributed by atoms with Crippen molar-refractivity contribution in [1.82, 2.24) is 46.0 Å². The van der Waals surface area contributed by atoms with Gasteiger partial charge in [0.1, 0.15) is 0 Å². The molecule has 530 valence electrons. The van der Waals surface area contributed by atoms with E-state index in [2.05, 4.69) is 213 Å². The molecule has 0 aliphatic carbocycles. The number of aromatic nitrogens is 3. The lowest BCUT2D eigenvalue weighted by Crippen LogP contribution is -2.63. The summed E-state index contributed by atoms with van der Waals surface area (Å²) in [5, 5.41) is 15.2. The molecular formula is C74H146N12O4Si. The molecule has 16 nitrogen and oxygen atoms in total. The van der Waals surface area contributed by atoms with Gasteiger partial charge in [0.15, 0.2) is 8.32 Å². The molecule has 0 spiro atoms. The van der Waals surface area contributed by atoms with Crippen molar-refractivity contribution in [3.63, 3.8) is 0 Å². The maximum atomic E-state index is 13.0. The molecule has 0 saturated carbocycles. The van der Waals surface area contributed by atoms with E-state index in [1.807, 2.05) is 14.0 Å². The first-order valence-electron chi connectivity index (χ1n) is 36.9. The molecule has 3 atom stereocenters. The minimum atomic E-state index is -1.41. The Kier molecular flexibility index (Phi) is 30.3. The molecule has 5 aliphatic heterocycles. The zero-order valence-corrected chi connectivity index (χ0v) is 65.3. The van der Waals surface area contributed by atoms with Crippen molar-refractivity contribution in [2.45, 2.75) is 369 Å². The number of unbranched alkanes of at least 4 members (excludes halogenated alkanes) is 4. The summed E-state index contributed by atoms with van der Waals surface area (Å²) in [6.07, 6.45) is 20.8. The predicted octanol–water partition coefficient (Wildman–Crippen LogP) is 14.9. The van der Waals surface area contributed by atoms with Crippen LogP contribution >= 0.6 is 0 Å². The average Bonchev–Trinajstić information content (AvgIpc) is 1.77. The second-order valence-corrected chi connectivity index (χ2v) is 39.7. The van der Waals surface area contributed by atoms with E-state index in [0.717, 1.165) is 173 Å². The van der Waals surface area contributed by atoms with Gasteiger partial charge in [0.05, 0.1) is 12.0 Å². The number of imide groups is 1. The number of piperidine rings is 4. The Balaban J connectivity index is 0.000000344. The van der Waals surface area contributed by atoms with Gasteiger partial charge in [-0.1, -0.05) is 80.6 Å². The van der Waals surface area contributed by atoms with E-state index in [1.54, 1.807) is 4.90 Å². The first-order valence-corrected chi connectivity index (χ1v) is 40.0. The minimum Gasteiger partial charge on any atom is -0.420 e. The number of likely N-dealkylation sites (N-methyl/N-ethyl adjacent to an activating group) is 1. The largest absolute Gasteiger partial charge is 0.420 e. The fourth-order valence-electron chi connectivity index (χ4n) is 16.6. The number of anilines is 3. The molecule has 3 unspecified atom stereocenters. The molecule has 0 radical (unpaired) electrons. The lowest BCUT2D eigenvalue weighted by molar-refractivity contribution is -0.144. The molecule has 1 aromatic rings. The maximum Gasteiger partial charge on any atom is 0.233 e. The van der Waals surface area contributed by atoms with Gasteiger partial charge in [-0.2, -0.15) is 15.0 Å². The van der Waals surface area contributed by atoms with E-state index in [0.29, 0.717) is 24.1 Å². The van der Waals surface area contributed by atoms with Gasteiger partial charge in [0, 0.05) is 115 Å². The third kappa shape index (κ3) is 26.4. The van der Waals surface area contributed by atoms with Crippen LogP contribution in [0.2, 0.25) is 19.1 Å². The van der Waals surface area contributed by atoms with Crippen LogP contribution in [-0.2, 0) is 18.8 Å². The lowest BCUT2D eigenvalue weighted by atomic mass is 9.79. The Labute approximate surface area is 561 Å². The molecule has 0 bridgehead atoms. The van der Waals surface area contributed by atoms with E-state index >= 15 is 0 Å². The van der Waals surface area contributed by atoms with Gasteiger partial charge in [0.2, 0.25) is 29.7 Å². The lowest BCUT2D eigenvalue weighted by Gasteiger charge is -2.50. The first kappa shape index (κ1) is 80.9. The number of carbonyl (C=O) groups excluding carboxylic acids is 2. The third-order valence-electron chi connectivity index (χ3n) is 20.2. The van der Waals surface area contributed by atoms with Crippen LogP contribution in [0.4, 0.5) is 17.8 Å². The summed E-state index contributed by atoms with van der Waals surface area (Å²) in [5.74, 6) is 2.92. The molecule has 91 heavy (non-hydrogen) atoms.